The average molecular weight is 253 g/mol. The van der Waals surface area contributed by atoms with E-state index in [1.165, 1.54) is 18.2 Å². The Hall–Kier alpha value is -2.44. The first-order valence-electron chi connectivity index (χ1n) is 4.96. The molecule has 7 heteroatoms. The lowest BCUT2D eigenvalue weighted by Gasteiger charge is -2.04. The third kappa shape index (κ3) is 2.62. The molecule has 0 atom stereocenters. The Labute approximate surface area is 101 Å². The monoisotopic (exact) mass is 253 g/mol. The minimum Gasteiger partial charge on any atom is -0.435 e. The first kappa shape index (κ1) is 12.0. The highest BCUT2D eigenvalue weighted by atomic mass is 19.3. The van der Waals surface area contributed by atoms with E-state index in [1.807, 2.05) is 0 Å². The van der Waals surface area contributed by atoms with Gasteiger partial charge in [-0.3, -0.25) is 9.89 Å². The van der Waals surface area contributed by atoms with E-state index in [2.05, 4.69) is 14.9 Å². The van der Waals surface area contributed by atoms with E-state index in [1.54, 1.807) is 12.1 Å². The van der Waals surface area contributed by atoms with Crippen LogP contribution in [-0.2, 0) is 0 Å². The van der Waals surface area contributed by atoms with Crippen molar-refractivity contribution in [3.8, 4) is 17.0 Å². The first-order valence-corrected chi connectivity index (χ1v) is 4.96. The van der Waals surface area contributed by atoms with Crippen LogP contribution in [0.2, 0.25) is 0 Å². The highest BCUT2D eigenvalue weighted by Gasteiger charge is 2.08. The van der Waals surface area contributed by atoms with Gasteiger partial charge in [-0.2, -0.15) is 13.9 Å². The van der Waals surface area contributed by atoms with Crippen LogP contribution < -0.4 is 10.5 Å². The van der Waals surface area contributed by atoms with Gasteiger partial charge in [0.25, 0.3) is 5.91 Å². The van der Waals surface area contributed by atoms with Crippen LogP contribution in [-0.4, -0.2) is 22.7 Å². The van der Waals surface area contributed by atoms with Crippen LogP contribution in [0.1, 0.15) is 10.5 Å². The lowest BCUT2D eigenvalue weighted by Crippen LogP contribution is -2.10. The van der Waals surface area contributed by atoms with Gasteiger partial charge in [-0.15, -0.1) is 0 Å². The highest BCUT2D eigenvalue weighted by Crippen LogP contribution is 2.22. The Kier molecular flexibility index (Phi) is 3.22. The second-order valence-corrected chi connectivity index (χ2v) is 3.43. The summed E-state index contributed by atoms with van der Waals surface area (Å²) in [6.07, 6.45) is 0. The predicted molar refractivity (Wildman–Crippen MR) is 59.2 cm³/mol. The number of carbonyl (C=O) groups excluding carboxylic acids is 1. The summed E-state index contributed by atoms with van der Waals surface area (Å²) in [7, 11) is 0. The van der Waals surface area contributed by atoms with Crippen molar-refractivity contribution < 1.29 is 18.3 Å². The fourth-order valence-electron chi connectivity index (χ4n) is 1.40. The normalized spacial score (nSPS) is 10.6. The molecule has 0 aliphatic carbocycles. The van der Waals surface area contributed by atoms with E-state index in [4.69, 9.17) is 5.73 Å². The molecule has 0 aliphatic heterocycles. The number of nitrogens with two attached hydrogens (primary N) is 1. The molecule has 0 spiro atoms. The summed E-state index contributed by atoms with van der Waals surface area (Å²) in [4.78, 5) is 10.9. The Morgan fingerprint density at radius 3 is 2.50 bits per heavy atom. The summed E-state index contributed by atoms with van der Waals surface area (Å²) in [5.74, 6) is -0.564. The summed E-state index contributed by atoms with van der Waals surface area (Å²) < 4.78 is 28.1. The Morgan fingerprint density at radius 1 is 1.33 bits per heavy atom. The van der Waals surface area contributed by atoms with Gasteiger partial charge in [0.15, 0.2) is 0 Å². The Bertz CT molecular complexity index is 552. The number of rotatable bonds is 4. The van der Waals surface area contributed by atoms with Crippen molar-refractivity contribution in [2.45, 2.75) is 6.61 Å². The number of amides is 1. The Morgan fingerprint density at radius 2 is 2.00 bits per heavy atom. The molecule has 3 N–H and O–H groups in total. The van der Waals surface area contributed by atoms with Crippen molar-refractivity contribution in [2.24, 2.45) is 5.73 Å². The number of aromatic amines is 1. The molecular formula is C11H9F2N3O2. The fourth-order valence-corrected chi connectivity index (χ4v) is 1.40. The molecule has 94 valence electrons. The lowest BCUT2D eigenvalue weighted by molar-refractivity contribution is -0.0498. The van der Waals surface area contributed by atoms with Gasteiger partial charge in [0.05, 0.1) is 5.69 Å². The number of ether oxygens (including phenoxy) is 1. The average Bonchev–Trinajstić information content (AvgIpc) is 2.78. The van der Waals surface area contributed by atoms with Gasteiger partial charge in [-0.1, -0.05) is 0 Å². The molecule has 0 saturated carbocycles. The quantitative estimate of drug-likeness (QED) is 0.871. The third-order valence-corrected chi connectivity index (χ3v) is 2.22. The molecule has 2 aromatic rings. The fraction of sp³-hybridized carbons (Fsp3) is 0.0909. The lowest BCUT2D eigenvalue weighted by atomic mass is 10.1. The van der Waals surface area contributed by atoms with Gasteiger partial charge in [-0.05, 0) is 30.3 Å². The number of alkyl halides is 2. The van der Waals surface area contributed by atoms with Gasteiger partial charge in [0.1, 0.15) is 11.4 Å². The number of hydrogen-bond donors (Lipinski definition) is 2. The smallest absolute Gasteiger partial charge is 0.387 e. The minimum absolute atomic E-state index is 0.0550. The summed E-state index contributed by atoms with van der Waals surface area (Å²) in [6, 6.07) is 7.36. The zero-order valence-corrected chi connectivity index (χ0v) is 9.06. The molecule has 2 rings (SSSR count). The van der Waals surface area contributed by atoms with Crippen molar-refractivity contribution in [1.82, 2.24) is 10.2 Å². The molecule has 1 aromatic heterocycles. The van der Waals surface area contributed by atoms with Gasteiger partial charge in [0, 0.05) is 5.56 Å². The van der Waals surface area contributed by atoms with Crippen molar-refractivity contribution in [3.63, 3.8) is 0 Å². The van der Waals surface area contributed by atoms with Crippen molar-refractivity contribution in [2.75, 3.05) is 0 Å². The zero-order chi connectivity index (χ0) is 13.1. The number of benzene rings is 1. The zero-order valence-electron chi connectivity index (χ0n) is 9.06. The Balaban J connectivity index is 2.20. The third-order valence-electron chi connectivity index (χ3n) is 2.22. The molecule has 0 saturated heterocycles. The van der Waals surface area contributed by atoms with E-state index >= 15 is 0 Å². The van der Waals surface area contributed by atoms with Crippen molar-refractivity contribution in [3.05, 3.63) is 36.0 Å². The van der Waals surface area contributed by atoms with E-state index < -0.39 is 12.5 Å². The van der Waals surface area contributed by atoms with Crippen LogP contribution >= 0.6 is 0 Å². The van der Waals surface area contributed by atoms with Crippen molar-refractivity contribution >= 4 is 5.91 Å². The second-order valence-electron chi connectivity index (χ2n) is 3.43. The maximum absolute atomic E-state index is 11.9. The maximum atomic E-state index is 11.9. The molecular weight excluding hydrogens is 244 g/mol. The SMILES string of the molecule is NC(=O)c1cc(-c2ccc(OC(F)F)cc2)n[nH]1. The highest BCUT2D eigenvalue weighted by molar-refractivity contribution is 5.91. The predicted octanol–water partition coefficient (Wildman–Crippen LogP) is 1.78. The van der Waals surface area contributed by atoms with E-state index in [9.17, 15) is 13.6 Å². The number of halogens is 2. The summed E-state index contributed by atoms with van der Waals surface area (Å²) in [6.45, 7) is -2.86. The molecule has 1 aromatic carbocycles. The van der Waals surface area contributed by atoms with Crippen LogP contribution in [0.15, 0.2) is 30.3 Å². The molecule has 0 aliphatic rings. The molecule has 0 fully saturated rings. The van der Waals surface area contributed by atoms with Crippen LogP contribution in [0.5, 0.6) is 5.75 Å². The number of primary amides is 1. The topological polar surface area (TPSA) is 81.0 Å². The first-order chi connectivity index (χ1) is 8.56. The van der Waals surface area contributed by atoms with Gasteiger partial charge >= 0.3 is 6.61 Å². The largest absolute Gasteiger partial charge is 0.435 e. The second kappa shape index (κ2) is 4.82. The standard InChI is InChI=1S/C11H9F2N3O2/c12-11(13)18-7-3-1-6(2-4-7)8-5-9(10(14)17)16-15-8/h1-5,11H,(H2,14,17)(H,15,16). The van der Waals surface area contributed by atoms with Crippen molar-refractivity contribution in [1.29, 1.82) is 0 Å². The molecule has 1 heterocycles. The molecule has 5 nitrogen and oxygen atoms in total. The number of nitrogens with one attached hydrogen (secondary N) is 1. The van der Waals surface area contributed by atoms with Crippen LogP contribution in [0.25, 0.3) is 11.3 Å². The molecule has 18 heavy (non-hydrogen) atoms. The molecule has 0 bridgehead atoms. The summed E-state index contributed by atoms with van der Waals surface area (Å²) in [5.41, 5.74) is 6.40. The number of nitrogens with zero attached hydrogens (tertiary/aromatic N) is 1. The van der Waals surface area contributed by atoms with Crippen LogP contribution in [0.3, 0.4) is 0 Å². The van der Waals surface area contributed by atoms with Gasteiger partial charge < -0.3 is 10.5 Å². The van der Waals surface area contributed by atoms with E-state index in [0.29, 0.717) is 11.3 Å². The van der Waals surface area contributed by atoms with E-state index in [0.717, 1.165) is 0 Å². The van der Waals surface area contributed by atoms with E-state index in [-0.39, 0.29) is 11.4 Å². The molecule has 0 radical (unpaired) electrons. The number of carbonyl (C=O) groups is 1. The molecule has 1 amide bonds. The van der Waals surface area contributed by atoms with Gasteiger partial charge in [0.2, 0.25) is 0 Å². The van der Waals surface area contributed by atoms with Crippen LogP contribution in [0.4, 0.5) is 8.78 Å². The number of H-pyrrole nitrogens is 1. The summed E-state index contributed by atoms with van der Waals surface area (Å²) in [5, 5.41) is 6.36. The summed E-state index contributed by atoms with van der Waals surface area (Å²) >= 11 is 0. The maximum Gasteiger partial charge on any atom is 0.387 e. The van der Waals surface area contributed by atoms with Gasteiger partial charge in [-0.25, -0.2) is 0 Å². The number of aromatic nitrogens is 2. The number of hydrogen-bond acceptors (Lipinski definition) is 3. The van der Waals surface area contributed by atoms with Crippen LogP contribution in [0, 0.1) is 0 Å². The minimum atomic E-state index is -2.86. The molecule has 0 unspecified atom stereocenters.